The molecule has 618 valence electrons. The van der Waals surface area contributed by atoms with Gasteiger partial charge in [0.2, 0.25) is 0 Å². The van der Waals surface area contributed by atoms with Crippen LogP contribution in [0.15, 0.2) is 504 Å². The van der Waals surface area contributed by atoms with Crippen LogP contribution in [0.25, 0.3) is 257 Å². The van der Waals surface area contributed by atoms with E-state index in [0.29, 0.717) is 0 Å². The quantitative estimate of drug-likeness (QED) is 0.128. The molecule has 0 saturated heterocycles. The molecule has 0 bridgehead atoms. The van der Waals surface area contributed by atoms with E-state index < -0.39 is 0 Å². The normalized spacial score (nSPS) is 11.8. The average molecular weight is 1690 g/mol. The lowest BCUT2D eigenvalue weighted by Crippen LogP contribution is -1.95. The fraction of sp³-hybridized carbons (Fsp3) is 0. The van der Waals surface area contributed by atoms with Crippen molar-refractivity contribution in [2.75, 3.05) is 0 Å². The summed E-state index contributed by atoms with van der Waals surface area (Å²) in [6, 6.07) is 184. The predicted molar refractivity (Wildman–Crippen MR) is 570 cm³/mol. The fourth-order valence-corrected chi connectivity index (χ4v) is 22.2. The van der Waals surface area contributed by atoms with Gasteiger partial charge in [-0.1, -0.05) is 425 Å². The third kappa shape index (κ3) is 12.4. The number of para-hydroxylation sites is 6. The van der Waals surface area contributed by atoms with E-state index >= 15 is 0 Å². The van der Waals surface area contributed by atoms with Gasteiger partial charge < -0.3 is 13.7 Å². The summed E-state index contributed by atoms with van der Waals surface area (Å²) in [5.41, 5.74) is 25.9. The van der Waals surface area contributed by atoms with Crippen LogP contribution in [0.1, 0.15) is 0 Å². The van der Waals surface area contributed by atoms with Gasteiger partial charge in [0.15, 0.2) is 0 Å². The highest BCUT2D eigenvalue weighted by Crippen LogP contribution is 2.53. The zero-order valence-corrected chi connectivity index (χ0v) is 72.8. The molecule has 3 aromatic heterocycles. The van der Waals surface area contributed by atoms with Crippen molar-refractivity contribution in [3.63, 3.8) is 0 Å². The molecule has 3 nitrogen and oxygen atoms in total. The molecule has 25 aromatic carbocycles. The van der Waals surface area contributed by atoms with Crippen molar-refractivity contribution < 1.29 is 0 Å². The Hall–Kier alpha value is -17.5. The first kappa shape index (κ1) is 76.7. The van der Waals surface area contributed by atoms with E-state index in [1.807, 2.05) is 0 Å². The minimum Gasteiger partial charge on any atom is -0.309 e. The Morgan fingerprint density at radius 3 is 0.805 bits per heavy atom. The van der Waals surface area contributed by atoms with Gasteiger partial charge >= 0.3 is 0 Å². The Bertz CT molecular complexity index is 9540. The van der Waals surface area contributed by atoms with Crippen molar-refractivity contribution in [1.29, 1.82) is 0 Å². The molecule has 3 heterocycles. The van der Waals surface area contributed by atoms with Crippen LogP contribution in [0.5, 0.6) is 0 Å². The summed E-state index contributed by atoms with van der Waals surface area (Å²) >= 11 is 0. The Kier molecular flexibility index (Phi) is 18.3. The van der Waals surface area contributed by atoms with Crippen molar-refractivity contribution in [3.05, 3.63) is 504 Å². The highest BCUT2D eigenvalue weighted by atomic mass is 15.0. The van der Waals surface area contributed by atoms with E-state index in [9.17, 15) is 0 Å². The molecule has 0 spiro atoms. The number of hydrogen-bond acceptors (Lipinski definition) is 0. The first-order valence-electron chi connectivity index (χ1n) is 46.0. The Labute approximate surface area is 768 Å². The molecule has 0 N–H and O–H groups in total. The maximum atomic E-state index is 2.46. The molecule has 0 aliphatic heterocycles. The third-order valence-corrected chi connectivity index (χ3v) is 27.8. The molecule has 0 fully saturated rings. The van der Waals surface area contributed by atoms with Gasteiger partial charge in [0.25, 0.3) is 0 Å². The second kappa shape index (κ2) is 31.8. The zero-order chi connectivity index (χ0) is 87.6. The molecular weight excluding hydrogens is 1600 g/mol. The molecule has 3 heteroatoms. The smallest absolute Gasteiger partial charge is 0.0626 e. The zero-order valence-electron chi connectivity index (χ0n) is 72.8. The molecule has 133 heavy (non-hydrogen) atoms. The topological polar surface area (TPSA) is 14.8 Å². The first-order valence-corrected chi connectivity index (χ1v) is 46.0. The van der Waals surface area contributed by atoms with Gasteiger partial charge in [0.1, 0.15) is 0 Å². The second-order valence-electron chi connectivity index (χ2n) is 35.0. The lowest BCUT2D eigenvalue weighted by atomic mass is 9.86. The maximum Gasteiger partial charge on any atom is 0.0626 e. The van der Waals surface area contributed by atoms with Crippen LogP contribution < -0.4 is 0 Å². The summed E-state index contributed by atoms with van der Waals surface area (Å²) in [5.74, 6) is 0. The minimum absolute atomic E-state index is 1.18. The summed E-state index contributed by atoms with van der Waals surface area (Å²) < 4.78 is 7.37. The molecule has 0 saturated carbocycles. The average Bonchev–Trinajstić information content (AvgIpc) is 1.60. The van der Waals surface area contributed by atoms with Crippen molar-refractivity contribution in [3.8, 4) is 83.8 Å². The highest BCUT2D eigenvalue weighted by Gasteiger charge is 2.27. The van der Waals surface area contributed by atoms with Crippen LogP contribution in [0.3, 0.4) is 0 Å². The Morgan fingerprint density at radius 2 is 0.376 bits per heavy atom. The first-order chi connectivity index (χ1) is 66.1. The summed E-state index contributed by atoms with van der Waals surface area (Å²) in [6.45, 7) is 0. The maximum absolute atomic E-state index is 2.46. The van der Waals surface area contributed by atoms with Gasteiger partial charge in [-0.3, -0.25) is 0 Å². The monoisotopic (exact) mass is 1690 g/mol. The van der Waals surface area contributed by atoms with Gasteiger partial charge in [-0.25, -0.2) is 0 Å². The molecule has 28 aromatic rings. The summed E-state index contributed by atoms with van der Waals surface area (Å²) in [4.78, 5) is 0. The molecule has 0 radical (unpaired) electrons. The Morgan fingerprint density at radius 1 is 0.113 bits per heavy atom. The van der Waals surface area contributed by atoms with Gasteiger partial charge in [-0.2, -0.15) is 0 Å². The largest absolute Gasteiger partial charge is 0.309 e. The summed E-state index contributed by atoms with van der Waals surface area (Å²) in [5, 5.41) is 33.4. The molecule has 0 aliphatic carbocycles. The van der Waals surface area contributed by atoms with Crippen molar-refractivity contribution >= 4 is 173 Å². The number of fused-ring (bicyclic) bond motifs is 31. The van der Waals surface area contributed by atoms with Crippen molar-refractivity contribution in [2.24, 2.45) is 0 Å². The van der Waals surface area contributed by atoms with Crippen LogP contribution in [-0.4, -0.2) is 13.7 Å². The Balaban J connectivity index is 0.000000104. The van der Waals surface area contributed by atoms with Crippen LogP contribution in [0.2, 0.25) is 0 Å². The number of nitrogens with zero attached hydrogens (tertiary/aromatic N) is 3. The standard InChI is InChI=1S/C46H29N.2C42H27N/c1-2-15-33(16-3-1)47-43-24-11-10-22-40(43)45-44-38-20-8-6-18-36(38)41(29-42(44)37-19-7-9-21-39(37)46(45)47)32-27-25-31(26-28-32)35-23-12-14-30-13-4-5-17-34(30)35;1-3-14-28(15-4-1)29-16-13-17-30(26-29)37-27-38-33-21-8-10-23-35(33)42-41(40(38)34-22-9-7-20-32(34)37)36-24-11-12-25-39(36)43(42)31-18-5-2-6-19-31;1-3-15-28(16-4-1)30-19-7-8-20-31(30)37-27-38-33-22-10-12-24-35(33)42-41(40(38)34-23-11-9-21-32(34)37)36-25-13-14-26-39(36)43(42)29-17-5-2-6-18-29/h1-29H;2*1-27H. The lowest BCUT2D eigenvalue weighted by Gasteiger charge is -2.18. The molecular formula is C130H83N3. The second-order valence-corrected chi connectivity index (χ2v) is 35.0. The van der Waals surface area contributed by atoms with E-state index in [0.717, 1.165) is 0 Å². The fourth-order valence-electron chi connectivity index (χ4n) is 22.2. The highest BCUT2D eigenvalue weighted by molar-refractivity contribution is 6.41. The van der Waals surface area contributed by atoms with Crippen LogP contribution in [0, 0.1) is 0 Å². The predicted octanol–water partition coefficient (Wildman–Crippen LogP) is 35.9. The molecule has 0 aliphatic rings. The van der Waals surface area contributed by atoms with E-state index in [1.165, 1.54) is 257 Å². The lowest BCUT2D eigenvalue weighted by molar-refractivity contribution is 1.19. The van der Waals surface area contributed by atoms with Crippen molar-refractivity contribution in [2.45, 2.75) is 0 Å². The van der Waals surface area contributed by atoms with Crippen LogP contribution in [0.4, 0.5) is 0 Å². The molecule has 0 atom stereocenters. The summed E-state index contributed by atoms with van der Waals surface area (Å²) in [6.07, 6.45) is 0. The molecule has 0 amide bonds. The number of benzene rings is 25. The minimum atomic E-state index is 1.18. The summed E-state index contributed by atoms with van der Waals surface area (Å²) in [7, 11) is 0. The molecule has 0 unspecified atom stereocenters. The number of rotatable bonds is 9. The van der Waals surface area contributed by atoms with Gasteiger partial charge in [-0.05, 0) is 221 Å². The van der Waals surface area contributed by atoms with Crippen LogP contribution >= 0.6 is 0 Å². The van der Waals surface area contributed by atoms with E-state index in [2.05, 4.69) is 517 Å². The van der Waals surface area contributed by atoms with Gasteiger partial charge in [0, 0.05) is 81.7 Å². The number of aromatic nitrogens is 3. The van der Waals surface area contributed by atoms with E-state index in [4.69, 9.17) is 0 Å². The van der Waals surface area contributed by atoms with E-state index in [-0.39, 0.29) is 0 Å². The molecule has 28 rings (SSSR count). The SMILES string of the molecule is c1ccc(-c2cccc(-c3cc4c5ccccc5c5c(c6ccccc6n5-c5ccccc5)c4c4ccccc34)c2)cc1.c1ccc(-c2ccccc2-c2cc3c4ccccc4c4c(c5ccccc5n4-c4ccccc4)c3c3ccccc23)cc1.c1ccc(-n2c3ccccc3c3c4c5ccccc5c(-c5ccc(-c6cccc7ccccc67)cc5)cc4c4ccccc4c32)cc1. The van der Waals surface area contributed by atoms with E-state index in [1.54, 1.807) is 0 Å². The van der Waals surface area contributed by atoms with Crippen molar-refractivity contribution in [1.82, 2.24) is 13.7 Å². The van der Waals surface area contributed by atoms with Gasteiger partial charge in [0.05, 0.1) is 33.1 Å². The number of hydrogen-bond donors (Lipinski definition) is 0. The van der Waals surface area contributed by atoms with Crippen LogP contribution in [-0.2, 0) is 0 Å². The third-order valence-electron chi connectivity index (χ3n) is 27.8. The van der Waals surface area contributed by atoms with Gasteiger partial charge in [-0.15, -0.1) is 0 Å².